The zero-order valence-electron chi connectivity index (χ0n) is 23.0. The number of hydrogen-bond donors (Lipinski definition) is 8. The van der Waals surface area contributed by atoms with Crippen molar-refractivity contribution < 1.29 is 29.4 Å². The summed E-state index contributed by atoms with van der Waals surface area (Å²) in [4.78, 5) is 54.7. The molecule has 5 atom stereocenters. The average Bonchev–Trinajstić information content (AvgIpc) is 3.37. The van der Waals surface area contributed by atoms with Crippen LogP contribution >= 0.6 is 12.6 Å². The Balaban J connectivity index is 1.90. The smallest absolute Gasteiger partial charge is 0.327 e. The summed E-state index contributed by atoms with van der Waals surface area (Å²) in [5.41, 5.74) is 8.34. The first-order valence-electron chi connectivity index (χ1n) is 13.4. The molecule has 0 fully saturated rings. The number of hydrogen-bond acceptors (Lipinski definition) is 7. The molecule has 11 nitrogen and oxygen atoms in total. The molecule has 0 saturated carbocycles. The van der Waals surface area contributed by atoms with Crippen molar-refractivity contribution in [1.82, 2.24) is 20.9 Å². The number of benzene rings is 2. The molecule has 2 aromatic carbocycles. The number of aromatic hydroxyl groups is 1. The Morgan fingerprint density at radius 3 is 2.10 bits per heavy atom. The Morgan fingerprint density at radius 1 is 0.902 bits per heavy atom. The number of carbonyl (C=O) groups is 4. The molecule has 5 unspecified atom stereocenters. The summed E-state index contributed by atoms with van der Waals surface area (Å²) in [7, 11) is 0. The fraction of sp³-hybridized carbons (Fsp3) is 0.379. The number of aromatic amines is 1. The van der Waals surface area contributed by atoms with Gasteiger partial charge >= 0.3 is 5.97 Å². The van der Waals surface area contributed by atoms with Gasteiger partial charge in [0.05, 0.1) is 6.04 Å². The molecule has 3 amide bonds. The van der Waals surface area contributed by atoms with Gasteiger partial charge in [-0.25, -0.2) is 4.79 Å². The molecule has 0 radical (unpaired) electrons. The zero-order chi connectivity index (χ0) is 30.1. The fourth-order valence-electron chi connectivity index (χ4n) is 4.32. The molecule has 8 N–H and O–H groups in total. The van der Waals surface area contributed by atoms with Crippen LogP contribution in [0.3, 0.4) is 0 Å². The lowest BCUT2D eigenvalue weighted by Crippen LogP contribution is -2.58. The SMILES string of the molecule is CCC(C)C(N)C(=O)NC(Cc1ccc(O)cc1)C(=O)NC(Cc1c[nH]c2ccccc12)C(=O)NC(CS)C(=O)O. The van der Waals surface area contributed by atoms with Gasteiger partial charge in [0, 0.05) is 35.7 Å². The number of thiol groups is 1. The maximum Gasteiger partial charge on any atom is 0.327 e. The first kappa shape index (κ1) is 31.5. The monoisotopic (exact) mass is 583 g/mol. The molecular weight excluding hydrogens is 546 g/mol. The van der Waals surface area contributed by atoms with Crippen LogP contribution in [-0.4, -0.2) is 68.8 Å². The first-order valence-corrected chi connectivity index (χ1v) is 14.0. The normalized spacial score (nSPS) is 14.8. The van der Waals surface area contributed by atoms with E-state index in [1.165, 1.54) is 12.1 Å². The maximum absolute atomic E-state index is 13.7. The Kier molecular flexibility index (Phi) is 11.2. The average molecular weight is 584 g/mol. The summed E-state index contributed by atoms with van der Waals surface area (Å²) in [6.07, 6.45) is 2.49. The topological polar surface area (TPSA) is 187 Å². The van der Waals surface area contributed by atoms with Crippen LogP contribution in [0.2, 0.25) is 0 Å². The van der Waals surface area contributed by atoms with Crippen molar-refractivity contribution in [2.45, 2.75) is 57.3 Å². The molecule has 0 aliphatic heterocycles. The molecule has 3 rings (SSSR count). The van der Waals surface area contributed by atoms with Crippen LogP contribution in [0.5, 0.6) is 5.75 Å². The number of amides is 3. The van der Waals surface area contributed by atoms with Crippen LogP contribution in [-0.2, 0) is 32.0 Å². The lowest BCUT2D eigenvalue weighted by atomic mass is 9.98. The number of carbonyl (C=O) groups excluding carboxylic acids is 3. The molecule has 12 heteroatoms. The number of carboxylic acids is 1. The Hall–Kier alpha value is -4.03. The second-order valence-electron chi connectivity index (χ2n) is 10.0. The number of carboxylic acid groups (broad SMARTS) is 1. The van der Waals surface area contributed by atoms with Gasteiger partial charge in [0.15, 0.2) is 0 Å². The maximum atomic E-state index is 13.7. The van der Waals surface area contributed by atoms with Gasteiger partial charge in [-0.15, -0.1) is 0 Å². The number of rotatable bonds is 14. The predicted molar refractivity (Wildman–Crippen MR) is 159 cm³/mol. The Morgan fingerprint density at radius 2 is 1.49 bits per heavy atom. The molecule has 0 aliphatic carbocycles. The Labute approximate surface area is 243 Å². The molecule has 1 heterocycles. The number of nitrogens with two attached hydrogens (primary N) is 1. The lowest BCUT2D eigenvalue weighted by molar-refractivity contribution is -0.141. The number of H-pyrrole nitrogens is 1. The fourth-order valence-corrected chi connectivity index (χ4v) is 4.56. The van der Waals surface area contributed by atoms with Gasteiger partial charge in [-0.1, -0.05) is 50.6 Å². The molecule has 3 aromatic rings. The highest BCUT2D eigenvalue weighted by Crippen LogP contribution is 2.20. The van der Waals surface area contributed by atoms with E-state index < -0.39 is 47.9 Å². The van der Waals surface area contributed by atoms with Crippen LogP contribution in [0, 0.1) is 5.92 Å². The summed E-state index contributed by atoms with van der Waals surface area (Å²) in [6.45, 7) is 3.74. The van der Waals surface area contributed by atoms with Crippen molar-refractivity contribution in [3.8, 4) is 5.75 Å². The van der Waals surface area contributed by atoms with Crippen LogP contribution in [0.15, 0.2) is 54.7 Å². The van der Waals surface area contributed by atoms with Crippen LogP contribution in [0.1, 0.15) is 31.4 Å². The number of nitrogens with one attached hydrogen (secondary N) is 4. The van der Waals surface area contributed by atoms with E-state index in [9.17, 15) is 29.4 Å². The standard InChI is InChI=1S/C29H37N5O6S/c1-3-16(2)25(30)28(38)33-22(12-17-8-10-19(35)11-9-17)26(36)32-23(27(37)34-24(15-41)29(39)40)13-18-14-31-21-7-5-4-6-20(18)21/h4-11,14,16,22-25,31,35,41H,3,12-13,15,30H2,1-2H3,(H,32,36)(H,33,38)(H,34,37)(H,39,40). The van der Waals surface area contributed by atoms with Gasteiger partial charge in [-0.3, -0.25) is 14.4 Å². The molecule has 0 aliphatic rings. The summed E-state index contributed by atoms with van der Waals surface area (Å²) >= 11 is 4.02. The molecule has 41 heavy (non-hydrogen) atoms. The van der Waals surface area contributed by atoms with Crippen molar-refractivity contribution in [3.05, 3.63) is 65.9 Å². The van der Waals surface area contributed by atoms with E-state index in [0.29, 0.717) is 12.0 Å². The molecule has 0 spiro atoms. The minimum Gasteiger partial charge on any atom is -0.508 e. The van der Waals surface area contributed by atoms with E-state index >= 15 is 0 Å². The predicted octanol–water partition coefficient (Wildman–Crippen LogP) is 1.50. The number of aromatic nitrogens is 1. The van der Waals surface area contributed by atoms with Gasteiger partial charge in [-0.2, -0.15) is 12.6 Å². The number of aliphatic carboxylic acids is 1. The quantitative estimate of drug-likeness (QED) is 0.132. The lowest BCUT2D eigenvalue weighted by Gasteiger charge is -2.26. The number of phenols is 1. The summed E-state index contributed by atoms with van der Waals surface area (Å²) in [6, 6.07) is 9.22. The van der Waals surface area contributed by atoms with Crippen molar-refractivity contribution in [3.63, 3.8) is 0 Å². The first-order chi connectivity index (χ1) is 19.5. The third-order valence-electron chi connectivity index (χ3n) is 7.10. The van der Waals surface area contributed by atoms with Gasteiger partial charge < -0.3 is 36.9 Å². The minimum absolute atomic E-state index is 0.0465. The largest absolute Gasteiger partial charge is 0.508 e. The van der Waals surface area contributed by atoms with E-state index in [1.807, 2.05) is 38.1 Å². The van der Waals surface area contributed by atoms with E-state index in [0.717, 1.165) is 16.5 Å². The highest BCUT2D eigenvalue weighted by Gasteiger charge is 2.31. The van der Waals surface area contributed by atoms with Gasteiger partial charge in [0.25, 0.3) is 0 Å². The Bertz CT molecular complexity index is 1360. The van der Waals surface area contributed by atoms with E-state index in [1.54, 1.807) is 18.3 Å². The van der Waals surface area contributed by atoms with Crippen molar-refractivity contribution in [2.24, 2.45) is 11.7 Å². The highest BCUT2D eigenvalue weighted by atomic mass is 32.1. The number of phenolic OH excluding ortho intramolecular Hbond substituents is 1. The van der Waals surface area contributed by atoms with E-state index in [-0.39, 0.29) is 30.3 Å². The van der Waals surface area contributed by atoms with Gasteiger partial charge in [0.2, 0.25) is 17.7 Å². The summed E-state index contributed by atoms with van der Waals surface area (Å²) < 4.78 is 0. The van der Waals surface area contributed by atoms with Crippen LogP contribution < -0.4 is 21.7 Å². The molecule has 220 valence electrons. The molecule has 0 bridgehead atoms. The van der Waals surface area contributed by atoms with Crippen LogP contribution in [0.25, 0.3) is 10.9 Å². The third kappa shape index (κ3) is 8.48. The number of para-hydroxylation sites is 1. The highest BCUT2D eigenvalue weighted by molar-refractivity contribution is 7.80. The van der Waals surface area contributed by atoms with Crippen LogP contribution in [0.4, 0.5) is 0 Å². The van der Waals surface area contributed by atoms with Crippen molar-refractivity contribution in [1.29, 1.82) is 0 Å². The minimum atomic E-state index is -1.27. The van der Waals surface area contributed by atoms with Crippen molar-refractivity contribution >= 4 is 47.2 Å². The zero-order valence-corrected chi connectivity index (χ0v) is 23.9. The second-order valence-corrected chi connectivity index (χ2v) is 10.4. The second kappa shape index (κ2) is 14.6. The summed E-state index contributed by atoms with van der Waals surface area (Å²) in [5, 5.41) is 27.8. The van der Waals surface area contributed by atoms with Crippen molar-refractivity contribution in [2.75, 3.05) is 5.75 Å². The summed E-state index contributed by atoms with van der Waals surface area (Å²) in [5.74, 6) is -3.38. The number of fused-ring (bicyclic) bond motifs is 1. The van der Waals surface area contributed by atoms with Gasteiger partial charge in [0.1, 0.15) is 23.9 Å². The molecular formula is C29H37N5O6S. The molecule has 1 aromatic heterocycles. The van der Waals surface area contributed by atoms with E-state index in [2.05, 4.69) is 33.6 Å². The van der Waals surface area contributed by atoms with Gasteiger partial charge in [-0.05, 0) is 35.2 Å². The third-order valence-corrected chi connectivity index (χ3v) is 7.46. The molecule has 0 saturated heterocycles. The van der Waals surface area contributed by atoms with E-state index in [4.69, 9.17) is 5.73 Å².